The zero-order valence-corrected chi connectivity index (χ0v) is 11.2. The number of benzene rings is 1. The first-order valence-electron chi connectivity index (χ1n) is 6.41. The lowest BCUT2D eigenvalue weighted by Gasteiger charge is -2.13. The number of aryl methyl sites for hydroxylation is 1. The van der Waals surface area contributed by atoms with Crippen LogP contribution < -0.4 is 5.32 Å². The predicted octanol–water partition coefficient (Wildman–Crippen LogP) is 2.28. The summed E-state index contributed by atoms with van der Waals surface area (Å²) in [5.74, 6) is 1.13. The summed E-state index contributed by atoms with van der Waals surface area (Å²) in [5, 5.41) is 7.15. The number of nitrogens with zero attached hydrogens (tertiary/aromatic N) is 2. The van der Waals surface area contributed by atoms with E-state index in [-0.39, 0.29) is 11.9 Å². The fraction of sp³-hybridized carbons (Fsp3) is 0.429. The van der Waals surface area contributed by atoms with Gasteiger partial charge in [-0.05, 0) is 25.0 Å². The second-order valence-corrected chi connectivity index (χ2v) is 4.63. The summed E-state index contributed by atoms with van der Waals surface area (Å²) < 4.78 is 18.4. The predicted molar refractivity (Wildman–Crippen MR) is 70.3 cm³/mol. The van der Waals surface area contributed by atoms with Crippen molar-refractivity contribution in [2.45, 2.75) is 32.7 Å². The first kappa shape index (κ1) is 13.7. The Morgan fingerprint density at radius 3 is 2.84 bits per heavy atom. The minimum absolute atomic E-state index is 0.148. The second-order valence-electron chi connectivity index (χ2n) is 4.63. The van der Waals surface area contributed by atoms with Crippen molar-refractivity contribution >= 4 is 0 Å². The van der Waals surface area contributed by atoms with E-state index in [9.17, 15) is 4.39 Å². The van der Waals surface area contributed by atoms with Gasteiger partial charge in [0.2, 0.25) is 5.89 Å². The van der Waals surface area contributed by atoms with Gasteiger partial charge in [-0.2, -0.15) is 4.98 Å². The maximum Gasteiger partial charge on any atom is 0.223 e. The molecule has 1 heterocycles. The lowest BCUT2D eigenvalue weighted by Crippen LogP contribution is -2.30. The van der Waals surface area contributed by atoms with Gasteiger partial charge in [0.15, 0.2) is 5.82 Å². The SMILES string of the molecule is Cc1nc(CCNC(C)Cc2ccccc2F)no1. The Bertz CT molecular complexity index is 527. The van der Waals surface area contributed by atoms with Crippen molar-refractivity contribution in [2.75, 3.05) is 6.54 Å². The summed E-state index contributed by atoms with van der Waals surface area (Å²) in [4.78, 5) is 4.13. The number of hydrogen-bond donors (Lipinski definition) is 1. The Morgan fingerprint density at radius 1 is 1.37 bits per heavy atom. The summed E-state index contributed by atoms with van der Waals surface area (Å²) >= 11 is 0. The average molecular weight is 263 g/mol. The van der Waals surface area contributed by atoms with Crippen LogP contribution in [0.15, 0.2) is 28.8 Å². The van der Waals surface area contributed by atoms with Crippen LogP contribution in [-0.2, 0) is 12.8 Å². The maximum absolute atomic E-state index is 13.5. The van der Waals surface area contributed by atoms with E-state index in [1.807, 2.05) is 19.1 Å². The standard InChI is InChI=1S/C14H18FN3O/c1-10(9-12-5-3-4-6-13(12)15)16-8-7-14-17-11(2)19-18-14/h3-6,10,16H,7-9H2,1-2H3. The lowest BCUT2D eigenvalue weighted by molar-refractivity contribution is 0.386. The van der Waals surface area contributed by atoms with Gasteiger partial charge in [0.1, 0.15) is 5.82 Å². The molecular weight excluding hydrogens is 245 g/mol. The number of nitrogens with one attached hydrogen (secondary N) is 1. The van der Waals surface area contributed by atoms with Crippen LogP contribution in [0.5, 0.6) is 0 Å². The van der Waals surface area contributed by atoms with Gasteiger partial charge in [-0.25, -0.2) is 4.39 Å². The third-order valence-corrected chi connectivity index (χ3v) is 2.89. The molecule has 0 aliphatic carbocycles. The highest BCUT2D eigenvalue weighted by Crippen LogP contribution is 2.08. The van der Waals surface area contributed by atoms with E-state index >= 15 is 0 Å². The van der Waals surface area contributed by atoms with Crippen molar-refractivity contribution in [3.63, 3.8) is 0 Å². The molecule has 102 valence electrons. The highest BCUT2D eigenvalue weighted by molar-refractivity contribution is 5.18. The van der Waals surface area contributed by atoms with Crippen molar-refractivity contribution in [3.8, 4) is 0 Å². The molecule has 1 aromatic carbocycles. The zero-order chi connectivity index (χ0) is 13.7. The molecule has 19 heavy (non-hydrogen) atoms. The molecule has 0 aliphatic heterocycles. The van der Waals surface area contributed by atoms with E-state index in [1.54, 1.807) is 13.0 Å². The number of rotatable bonds is 6. The number of hydrogen-bond acceptors (Lipinski definition) is 4. The molecule has 1 aromatic heterocycles. The fourth-order valence-corrected chi connectivity index (χ4v) is 1.94. The van der Waals surface area contributed by atoms with Crippen LogP contribution in [0.1, 0.15) is 24.2 Å². The van der Waals surface area contributed by atoms with Gasteiger partial charge >= 0.3 is 0 Å². The molecule has 0 bridgehead atoms. The van der Waals surface area contributed by atoms with Crippen LogP contribution in [-0.4, -0.2) is 22.7 Å². The minimum Gasteiger partial charge on any atom is -0.340 e. The normalized spacial score (nSPS) is 12.6. The maximum atomic E-state index is 13.5. The van der Waals surface area contributed by atoms with Crippen LogP contribution in [0.2, 0.25) is 0 Å². The summed E-state index contributed by atoms with van der Waals surface area (Å²) in [5.41, 5.74) is 0.734. The summed E-state index contributed by atoms with van der Waals surface area (Å²) in [6.07, 6.45) is 1.37. The van der Waals surface area contributed by atoms with Crippen LogP contribution in [0.4, 0.5) is 4.39 Å². The third-order valence-electron chi connectivity index (χ3n) is 2.89. The molecule has 0 fully saturated rings. The van der Waals surface area contributed by atoms with Crippen LogP contribution in [0.3, 0.4) is 0 Å². The molecule has 1 unspecified atom stereocenters. The van der Waals surface area contributed by atoms with Crippen LogP contribution in [0, 0.1) is 12.7 Å². The quantitative estimate of drug-likeness (QED) is 0.868. The van der Waals surface area contributed by atoms with Gasteiger partial charge in [-0.3, -0.25) is 0 Å². The summed E-state index contributed by atoms with van der Waals surface area (Å²) in [7, 11) is 0. The number of aromatic nitrogens is 2. The van der Waals surface area contributed by atoms with Crippen LogP contribution >= 0.6 is 0 Å². The minimum atomic E-state index is -0.148. The fourth-order valence-electron chi connectivity index (χ4n) is 1.94. The molecule has 4 nitrogen and oxygen atoms in total. The van der Waals surface area contributed by atoms with Gasteiger partial charge in [-0.1, -0.05) is 23.4 Å². The Kier molecular flexibility index (Phi) is 4.63. The van der Waals surface area contributed by atoms with E-state index in [2.05, 4.69) is 15.5 Å². The topological polar surface area (TPSA) is 51.0 Å². The largest absolute Gasteiger partial charge is 0.340 e. The molecule has 0 radical (unpaired) electrons. The van der Waals surface area contributed by atoms with Crippen molar-refractivity contribution in [1.29, 1.82) is 0 Å². The first-order valence-corrected chi connectivity index (χ1v) is 6.41. The van der Waals surface area contributed by atoms with Gasteiger partial charge in [-0.15, -0.1) is 0 Å². The zero-order valence-electron chi connectivity index (χ0n) is 11.2. The van der Waals surface area contributed by atoms with E-state index in [4.69, 9.17) is 4.52 Å². The molecule has 0 aliphatic rings. The number of halogens is 1. The molecule has 0 saturated heterocycles. The van der Waals surface area contributed by atoms with E-state index in [0.717, 1.165) is 12.1 Å². The molecule has 0 saturated carbocycles. The molecule has 0 amide bonds. The van der Waals surface area contributed by atoms with E-state index in [0.29, 0.717) is 24.6 Å². The highest BCUT2D eigenvalue weighted by atomic mass is 19.1. The van der Waals surface area contributed by atoms with Crippen molar-refractivity contribution in [3.05, 3.63) is 47.4 Å². The van der Waals surface area contributed by atoms with Crippen molar-refractivity contribution in [1.82, 2.24) is 15.5 Å². The van der Waals surface area contributed by atoms with Gasteiger partial charge < -0.3 is 9.84 Å². The van der Waals surface area contributed by atoms with E-state index < -0.39 is 0 Å². The molecule has 1 atom stereocenters. The smallest absolute Gasteiger partial charge is 0.223 e. The van der Waals surface area contributed by atoms with Gasteiger partial charge in [0.05, 0.1) is 0 Å². The monoisotopic (exact) mass is 263 g/mol. The highest BCUT2D eigenvalue weighted by Gasteiger charge is 2.08. The first-order chi connectivity index (χ1) is 9.15. The van der Waals surface area contributed by atoms with Gasteiger partial charge in [0, 0.05) is 25.9 Å². The van der Waals surface area contributed by atoms with Crippen molar-refractivity contribution in [2.24, 2.45) is 0 Å². The molecule has 1 N–H and O–H groups in total. The molecule has 2 aromatic rings. The van der Waals surface area contributed by atoms with Gasteiger partial charge in [0.25, 0.3) is 0 Å². The summed E-state index contributed by atoms with van der Waals surface area (Å²) in [6, 6.07) is 7.06. The Morgan fingerprint density at radius 2 is 2.16 bits per heavy atom. The van der Waals surface area contributed by atoms with E-state index in [1.165, 1.54) is 6.07 Å². The molecular formula is C14H18FN3O. The Hall–Kier alpha value is -1.75. The lowest BCUT2D eigenvalue weighted by atomic mass is 10.1. The Labute approximate surface area is 112 Å². The molecule has 5 heteroatoms. The molecule has 0 spiro atoms. The summed E-state index contributed by atoms with van der Waals surface area (Å²) in [6.45, 7) is 4.55. The van der Waals surface area contributed by atoms with Crippen LogP contribution in [0.25, 0.3) is 0 Å². The molecule has 2 rings (SSSR count). The second kappa shape index (κ2) is 6.43. The van der Waals surface area contributed by atoms with Crippen molar-refractivity contribution < 1.29 is 8.91 Å². The Balaban J connectivity index is 1.76. The average Bonchev–Trinajstić information content (AvgIpc) is 2.78. The third kappa shape index (κ3) is 4.13.